The zero-order valence-electron chi connectivity index (χ0n) is 17.1. The number of piperidine rings is 1. The zero-order valence-corrected chi connectivity index (χ0v) is 17.9. The lowest BCUT2D eigenvalue weighted by Gasteiger charge is -2.36. The SMILES string of the molecule is O=C(c1ccc(Cl)cc1NCc1cc(=O)n2ccccc2n1)N1CCCCC1CCO. The van der Waals surface area contributed by atoms with Gasteiger partial charge in [0.25, 0.3) is 11.5 Å². The number of carbonyl (C=O) groups excluding carboxylic acids is 1. The van der Waals surface area contributed by atoms with E-state index in [0.29, 0.717) is 40.6 Å². The minimum atomic E-state index is -0.162. The van der Waals surface area contributed by atoms with E-state index in [0.717, 1.165) is 19.3 Å². The molecule has 2 N–H and O–H groups in total. The number of fused-ring (bicyclic) bond motifs is 1. The molecule has 1 atom stereocenters. The number of pyridine rings is 1. The number of aromatic nitrogens is 2. The van der Waals surface area contributed by atoms with Crippen molar-refractivity contribution in [1.29, 1.82) is 0 Å². The molecule has 1 amide bonds. The van der Waals surface area contributed by atoms with Crippen molar-refractivity contribution < 1.29 is 9.90 Å². The number of likely N-dealkylation sites (tertiary alicyclic amines) is 1. The van der Waals surface area contributed by atoms with Crippen LogP contribution >= 0.6 is 11.6 Å². The van der Waals surface area contributed by atoms with Gasteiger partial charge in [-0.15, -0.1) is 0 Å². The molecule has 1 unspecified atom stereocenters. The van der Waals surface area contributed by atoms with Crippen LogP contribution in [-0.2, 0) is 6.54 Å². The van der Waals surface area contributed by atoms with Crippen molar-refractivity contribution in [2.24, 2.45) is 0 Å². The molecule has 31 heavy (non-hydrogen) atoms. The maximum absolute atomic E-state index is 13.3. The van der Waals surface area contributed by atoms with Crippen LogP contribution in [-0.4, -0.2) is 44.5 Å². The van der Waals surface area contributed by atoms with Gasteiger partial charge in [-0.25, -0.2) is 4.98 Å². The molecular formula is C23H25ClN4O3. The van der Waals surface area contributed by atoms with Crippen LogP contribution in [0.4, 0.5) is 5.69 Å². The number of anilines is 1. The standard InChI is InChI=1S/C23H25ClN4O3/c24-16-7-8-19(23(31)27-10-3-1-5-18(27)9-12-29)20(13-16)25-15-17-14-22(30)28-11-4-2-6-21(28)26-17/h2,4,6-8,11,13-14,18,25,29H,1,3,5,9-10,12,15H2. The maximum atomic E-state index is 13.3. The Morgan fingerprint density at radius 2 is 2.10 bits per heavy atom. The molecule has 7 nitrogen and oxygen atoms in total. The number of halogens is 1. The van der Waals surface area contributed by atoms with E-state index in [9.17, 15) is 14.7 Å². The largest absolute Gasteiger partial charge is 0.396 e. The average Bonchev–Trinajstić information content (AvgIpc) is 2.78. The molecule has 0 radical (unpaired) electrons. The Labute approximate surface area is 185 Å². The smallest absolute Gasteiger partial charge is 0.258 e. The van der Waals surface area contributed by atoms with Crippen molar-refractivity contribution in [3.8, 4) is 0 Å². The Kier molecular flexibility index (Phi) is 6.53. The highest BCUT2D eigenvalue weighted by Gasteiger charge is 2.28. The number of hydrogen-bond acceptors (Lipinski definition) is 5. The molecule has 3 aromatic rings. The third-order valence-electron chi connectivity index (χ3n) is 5.65. The monoisotopic (exact) mass is 440 g/mol. The lowest BCUT2D eigenvalue weighted by Crippen LogP contribution is -2.44. The van der Waals surface area contributed by atoms with Crippen LogP contribution < -0.4 is 10.9 Å². The molecule has 0 spiro atoms. The summed E-state index contributed by atoms with van der Waals surface area (Å²) in [5, 5.41) is 13.1. The molecule has 8 heteroatoms. The van der Waals surface area contributed by atoms with Gasteiger partial charge in [0.2, 0.25) is 0 Å². The Balaban J connectivity index is 1.59. The van der Waals surface area contributed by atoms with Crippen molar-refractivity contribution >= 4 is 28.8 Å². The molecule has 2 aromatic heterocycles. The minimum absolute atomic E-state index is 0.0389. The number of amides is 1. The average molecular weight is 441 g/mol. The lowest BCUT2D eigenvalue weighted by atomic mass is 9.98. The Morgan fingerprint density at radius 3 is 2.94 bits per heavy atom. The summed E-state index contributed by atoms with van der Waals surface area (Å²) in [6, 6.07) is 12.0. The number of rotatable bonds is 6. The van der Waals surface area contributed by atoms with E-state index in [-0.39, 0.29) is 30.7 Å². The predicted octanol–water partition coefficient (Wildman–Crippen LogP) is 3.34. The summed E-state index contributed by atoms with van der Waals surface area (Å²) in [7, 11) is 0. The van der Waals surface area contributed by atoms with Gasteiger partial charge in [0, 0.05) is 42.2 Å². The number of nitrogens with one attached hydrogen (secondary N) is 1. The van der Waals surface area contributed by atoms with Crippen molar-refractivity contribution in [3.63, 3.8) is 0 Å². The molecule has 0 bridgehead atoms. The van der Waals surface area contributed by atoms with Gasteiger partial charge in [-0.05, 0) is 56.0 Å². The molecule has 3 heterocycles. The van der Waals surface area contributed by atoms with Gasteiger partial charge in [-0.2, -0.15) is 0 Å². The van der Waals surface area contributed by atoms with Gasteiger partial charge in [-0.1, -0.05) is 17.7 Å². The fourth-order valence-electron chi connectivity index (χ4n) is 4.10. The van der Waals surface area contributed by atoms with Gasteiger partial charge < -0.3 is 15.3 Å². The van der Waals surface area contributed by atoms with Crippen LogP contribution in [0, 0.1) is 0 Å². The van der Waals surface area contributed by atoms with E-state index in [1.165, 1.54) is 10.5 Å². The highest BCUT2D eigenvalue weighted by Crippen LogP contribution is 2.27. The normalized spacial score (nSPS) is 16.5. The van der Waals surface area contributed by atoms with Crippen LogP contribution in [0.1, 0.15) is 41.7 Å². The quantitative estimate of drug-likeness (QED) is 0.614. The van der Waals surface area contributed by atoms with Crippen molar-refractivity contribution in [2.75, 3.05) is 18.5 Å². The number of hydrogen-bond donors (Lipinski definition) is 2. The van der Waals surface area contributed by atoms with E-state index >= 15 is 0 Å². The number of nitrogens with zero attached hydrogens (tertiary/aromatic N) is 3. The number of aliphatic hydroxyl groups excluding tert-OH is 1. The predicted molar refractivity (Wildman–Crippen MR) is 121 cm³/mol. The van der Waals surface area contributed by atoms with Crippen LogP contribution in [0.25, 0.3) is 5.65 Å². The zero-order chi connectivity index (χ0) is 21.8. The highest BCUT2D eigenvalue weighted by atomic mass is 35.5. The Morgan fingerprint density at radius 1 is 1.23 bits per heavy atom. The lowest BCUT2D eigenvalue weighted by molar-refractivity contribution is 0.0575. The first-order valence-corrected chi connectivity index (χ1v) is 10.9. The maximum Gasteiger partial charge on any atom is 0.258 e. The third kappa shape index (κ3) is 4.73. The fraction of sp³-hybridized carbons (Fsp3) is 0.348. The summed E-state index contributed by atoms with van der Waals surface area (Å²) in [4.78, 5) is 32.1. The third-order valence-corrected chi connectivity index (χ3v) is 5.88. The second-order valence-electron chi connectivity index (χ2n) is 7.72. The summed E-state index contributed by atoms with van der Waals surface area (Å²) >= 11 is 6.20. The molecule has 0 saturated carbocycles. The second-order valence-corrected chi connectivity index (χ2v) is 8.15. The van der Waals surface area contributed by atoms with E-state index in [2.05, 4.69) is 10.3 Å². The van der Waals surface area contributed by atoms with Gasteiger partial charge in [0.1, 0.15) is 5.65 Å². The summed E-state index contributed by atoms with van der Waals surface area (Å²) in [6.07, 6.45) is 5.16. The summed E-state index contributed by atoms with van der Waals surface area (Å²) < 4.78 is 1.48. The van der Waals surface area contributed by atoms with E-state index in [1.807, 2.05) is 11.0 Å². The van der Waals surface area contributed by atoms with E-state index in [1.54, 1.807) is 36.5 Å². The molecular weight excluding hydrogens is 416 g/mol. The first-order valence-electron chi connectivity index (χ1n) is 10.5. The van der Waals surface area contributed by atoms with Gasteiger partial charge in [0.05, 0.1) is 17.8 Å². The van der Waals surface area contributed by atoms with Crippen molar-refractivity contribution in [1.82, 2.24) is 14.3 Å². The molecule has 1 fully saturated rings. The fourth-order valence-corrected chi connectivity index (χ4v) is 4.27. The molecule has 1 saturated heterocycles. The van der Waals surface area contributed by atoms with Crippen LogP contribution in [0.3, 0.4) is 0 Å². The van der Waals surface area contributed by atoms with E-state index < -0.39 is 0 Å². The molecule has 4 rings (SSSR count). The van der Waals surface area contributed by atoms with Gasteiger partial charge >= 0.3 is 0 Å². The molecule has 1 aliphatic rings. The molecule has 1 aromatic carbocycles. The minimum Gasteiger partial charge on any atom is -0.396 e. The summed E-state index contributed by atoms with van der Waals surface area (Å²) in [5.41, 5.74) is 2.10. The van der Waals surface area contributed by atoms with Gasteiger partial charge in [0.15, 0.2) is 0 Å². The Bertz CT molecular complexity index is 1150. The summed E-state index contributed by atoms with van der Waals surface area (Å²) in [6.45, 7) is 1.01. The number of carbonyl (C=O) groups is 1. The molecule has 1 aliphatic heterocycles. The second kappa shape index (κ2) is 9.49. The van der Waals surface area contributed by atoms with Crippen molar-refractivity contribution in [3.05, 3.63) is 75.3 Å². The van der Waals surface area contributed by atoms with Crippen molar-refractivity contribution in [2.45, 2.75) is 38.3 Å². The van der Waals surface area contributed by atoms with E-state index in [4.69, 9.17) is 11.6 Å². The topological polar surface area (TPSA) is 86.9 Å². The van der Waals surface area contributed by atoms with Crippen LogP contribution in [0.15, 0.2) is 53.5 Å². The first-order chi connectivity index (χ1) is 15.1. The van der Waals surface area contributed by atoms with Crippen LogP contribution in [0.5, 0.6) is 0 Å². The summed E-state index contributed by atoms with van der Waals surface area (Å²) in [5.74, 6) is -0.0798. The number of benzene rings is 1. The Hall–Kier alpha value is -2.90. The molecule has 0 aliphatic carbocycles. The van der Waals surface area contributed by atoms with Crippen LogP contribution in [0.2, 0.25) is 5.02 Å². The molecule has 162 valence electrons. The van der Waals surface area contributed by atoms with Gasteiger partial charge in [-0.3, -0.25) is 14.0 Å². The first kappa shape index (κ1) is 21.3. The number of aliphatic hydroxyl groups is 1. The highest BCUT2D eigenvalue weighted by molar-refractivity contribution is 6.31.